The van der Waals surface area contributed by atoms with Crippen LogP contribution in [0, 0.1) is 0 Å². The first kappa shape index (κ1) is 39.1. The van der Waals surface area contributed by atoms with Crippen LogP contribution in [0.5, 0.6) is 0 Å². The third-order valence-corrected chi connectivity index (χ3v) is 15.2. The summed E-state index contributed by atoms with van der Waals surface area (Å²) < 4.78 is 2.64. The van der Waals surface area contributed by atoms with Crippen LogP contribution in [0.4, 0.5) is 17.1 Å². The molecule has 2 heteroatoms. The Bertz CT molecular complexity index is 3760. The Balaban J connectivity index is 1.03. The molecule has 11 aromatic carbocycles. The number of benzene rings is 11. The predicted molar refractivity (Wildman–Crippen MR) is 285 cm³/mol. The minimum atomic E-state index is -0.527. The Hall–Kier alpha value is -8.30. The van der Waals surface area contributed by atoms with Crippen molar-refractivity contribution in [2.75, 3.05) is 4.90 Å². The van der Waals surface area contributed by atoms with Crippen molar-refractivity contribution in [2.24, 2.45) is 0 Å². The average molecular weight is 870 g/mol. The largest absolute Gasteiger partial charge is 0.310 e. The van der Waals surface area contributed by atoms with Crippen LogP contribution in [0.15, 0.2) is 261 Å². The van der Waals surface area contributed by atoms with Crippen LogP contribution in [0.1, 0.15) is 22.3 Å². The maximum Gasteiger partial charge on any atom is 0.0714 e. The first-order valence-corrected chi connectivity index (χ1v) is 23.9. The Morgan fingerprint density at radius 3 is 1.67 bits per heavy atom. The molecule has 0 spiro atoms. The van der Waals surface area contributed by atoms with E-state index in [-0.39, 0.29) is 0 Å². The van der Waals surface area contributed by atoms with Crippen molar-refractivity contribution < 1.29 is 0 Å². The zero-order chi connectivity index (χ0) is 44.3. The van der Waals surface area contributed by atoms with Crippen LogP contribution < -0.4 is 4.90 Å². The van der Waals surface area contributed by atoms with Gasteiger partial charge in [0.05, 0.1) is 5.41 Å². The van der Waals surface area contributed by atoms with E-state index in [0.717, 1.165) is 22.6 Å². The summed E-state index contributed by atoms with van der Waals surface area (Å²) in [6, 6.07) is 96.4. The molecule has 1 heterocycles. The molecule has 13 rings (SSSR count). The van der Waals surface area contributed by atoms with E-state index in [0.29, 0.717) is 0 Å². The SMILES string of the molecule is c1ccc(-c2c(-c3cccc(N(c4ccc(-c5cccc6c5sc5ccccc56)cc4)c4ccc5c(c4)C(c4ccccc4)(c4ccccc4)c4ccccc4-5)c3)ccc3ccccc23)cc1. The average Bonchev–Trinajstić information content (AvgIpc) is 3.93. The van der Waals surface area contributed by atoms with Gasteiger partial charge in [-0.2, -0.15) is 0 Å². The van der Waals surface area contributed by atoms with Crippen LogP contribution in [0.25, 0.3) is 75.5 Å². The summed E-state index contributed by atoms with van der Waals surface area (Å²) in [7, 11) is 0. The van der Waals surface area contributed by atoms with Crippen LogP contribution in [-0.2, 0) is 5.41 Å². The summed E-state index contributed by atoms with van der Waals surface area (Å²) in [6.07, 6.45) is 0. The molecule has 0 N–H and O–H groups in total. The zero-order valence-electron chi connectivity index (χ0n) is 36.7. The van der Waals surface area contributed by atoms with E-state index in [1.54, 1.807) is 0 Å². The Morgan fingerprint density at radius 2 is 0.881 bits per heavy atom. The molecule has 0 unspecified atom stereocenters. The Morgan fingerprint density at radius 1 is 0.313 bits per heavy atom. The first-order valence-electron chi connectivity index (χ1n) is 23.1. The molecule has 0 fully saturated rings. The van der Waals surface area contributed by atoms with E-state index in [9.17, 15) is 0 Å². The third-order valence-electron chi connectivity index (χ3n) is 13.9. The molecule has 0 atom stereocenters. The van der Waals surface area contributed by atoms with Gasteiger partial charge in [0, 0.05) is 37.2 Å². The first-order chi connectivity index (χ1) is 33.2. The van der Waals surface area contributed by atoms with Crippen molar-refractivity contribution in [3.05, 3.63) is 283 Å². The monoisotopic (exact) mass is 869 g/mol. The number of rotatable bonds is 8. The standard InChI is InChI=1S/C65H43NS/c1-4-19-46(20-5-1)63-53-27-11-10-18-44(53)36-40-54(63)47-21-16-26-51(42-47)66(50-37-34-45(35-38-50)55-30-17-31-59-58-29-13-15-33-62(58)67-64(55)59)52-39-41-57-56-28-12-14-32-60(56)65(61(57)43-52,48-22-6-2-7-23-48)49-24-8-3-9-25-49/h1-43H. The maximum atomic E-state index is 2.47. The predicted octanol–water partition coefficient (Wildman–Crippen LogP) is 18.0. The third kappa shape index (κ3) is 6.29. The summed E-state index contributed by atoms with van der Waals surface area (Å²) in [5, 5.41) is 5.10. The van der Waals surface area contributed by atoms with Crippen molar-refractivity contribution in [1.29, 1.82) is 0 Å². The van der Waals surface area contributed by atoms with Gasteiger partial charge in [-0.15, -0.1) is 11.3 Å². The molecule has 1 aliphatic carbocycles. The summed E-state index contributed by atoms with van der Waals surface area (Å²) in [4.78, 5) is 2.46. The minimum absolute atomic E-state index is 0.527. The molecule has 0 saturated carbocycles. The summed E-state index contributed by atoms with van der Waals surface area (Å²) in [5.41, 5.74) is 17.6. The Kier molecular flexibility index (Phi) is 9.33. The summed E-state index contributed by atoms with van der Waals surface area (Å²) in [5.74, 6) is 0. The van der Waals surface area contributed by atoms with Gasteiger partial charge in [-0.05, 0) is 120 Å². The van der Waals surface area contributed by atoms with Crippen LogP contribution >= 0.6 is 11.3 Å². The lowest BCUT2D eigenvalue weighted by molar-refractivity contribution is 0.768. The lowest BCUT2D eigenvalue weighted by Gasteiger charge is -2.35. The van der Waals surface area contributed by atoms with Gasteiger partial charge in [0.25, 0.3) is 0 Å². The van der Waals surface area contributed by atoms with Crippen molar-refractivity contribution in [3.8, 4) is 44.5 Å². The van der Waals surface area contributed by atoms with Gasteiger partial charge in [-0.1, -0.05) is 218 Å². The van der Waals surface area contributed by atoms with Crippen LogP contribution in [0.3, 0.4) is 0 Å². The topological polar surface area (TPSA) is 3.24 Å². The normalized spacial score (nSPS) is 12.6. The van der Waals surface area contributed by atoms with Gasteiger partial charge in [0.1, 0.15) is 0 Å². The number of hydrogen-bond donors (Lipinski definition) is 0. The second kappa shape index (κ2) is 16.0. The smallest absolute Gasteiger partial charge is 0.0714 e. The molecule has 1 nitrogen and oxygen atoms in total. The molecule has 0 bridgehead atoms. The number of thiophene rings is 1. The highest BCUT2D eigenvalue weighted by Gasteiger charge is 2.46. The molecule has 0 radical (unpaired) electrons. The van der Waals surface area contributed by atoms with Crippen molar-refractivity contribution in [2.45, 2.75) is 5.41 Å². The van der Waals surface area contributed by atoms with Gasteiger partial charge in [0.15, 0.2) is 0 Å². The fourth-order valence-corrected chi connectivity index (χ4v) is 12.3. The number of anilines is 3. The minimum Gasteiger partial charge on any atom is -0.310 e. The summed E-state index contributed by atoms with van der Waals surface area (Å²) in [6.45, 7) is 0. The Labute approximate surface area is 395 Å². The molecule has 1 aromatic heterocycles. The fraction of sp³-hybridized carbons (Fsp3) is 0.0154. The van der Waals surface area contributed by atoms with E-state index < -0.39 is 5.41 Å². The molecule has 12 aromatic rings. The highest BCUT2D eigenvalue weighted by atomic mass is 32.1. The second-order valence-corrected chi connectivity index (χ2v) is 18.6. The molecular weight excluding hydrogens is 827 g/mol. The van der Waals surface area contributed by atoms with Crippen LogP contribution in [-0.4, -0.2) is 0 Å². The van der Waals surface area contributed by atoms with Gasteiger partial charge >= 0.3 is 0 Å². The summed E-state index contributed by atoms with van der Waals surface area (Å²) >= 11 is 1.88. The quantitative estimate of drug-likeness (QED) is 0.147. The van der Waals surface area contributed by atoms with Gasteiger partial charge < -0.3 is 4.90 Å². The number of hydrogen-bond acceptors (Lipinski definition) is 2. The van der Waals surface area contributed by atoms with E-state index in [1.807, 2.05) is 11.3 Å². The lowest BCUT2D eigenvalue weighted by atomic mass is 9.67. The molecule has 1 aliphatic rings. The molecule has 314 valence electrons. The van der Waals surface area contributed by atoms with Gasteiger partial charge in [-0.25, -0.2) is 0 Å². The van der Waals surface area contributed by atoms with Crippen LogP contribution in [0.2, 0.25) is 0 Å². The second-order valence-electron chi connectivity index (χ2n) is 17.5. The van der Waals surface area contributed by atoms with Gasteiger partial charge in [0.2, 0.25) is 0 Å². The molecule has 0 amide bonds. The maximum absolute atomic E-state index is 2.47. The highest BCUT2D eigenvalue weighted by Crippen LogP contribution is 2.57. The number of fused-ring (bicyclic) bond motifs is 7. The van der Waals surface area contributed by atoms with Gasteiger partial charge in [-0.3, -0.25) is 0 Å². The highest BCUT2D eigenvalue weighted by molar-refractivity contribution is 7.26. The van der Waals surface area contributed by atoms with E-state index >= 15 is 0 Å². The van der Waals surface area contributed by atoms with Crippen molar-refractivity contribution in [1.82, 2.24) is 0 Å². The fourth-order valence-electron chi connectivity index (χ4n) is 11.0. The molecule has 67 heavy (non-hydrogen) atoms. The van der Waals surface area contributed by atoms with E-state index in [1.165, 1.54) is 92.1 Å². The molecular formula is C65H43NS. The van der Waals surface area contributed by atoms with E-state index in [2.05, 4.69) is 266 Å². The molecule has 0 saturated heterocycles. The van der Waals surface area contributed by atoms with E-state index in [4.69, 9.17) is 0 Å². The van der Waals surface area contributed by atoms with Crippen molar-refractivity contribution >= 4 is 59.3 Å². The zero-order valence-corrected chi connectivity index (χ0v) is 37.5. The van der Waals surface area contributed by atoms with Crippen molar-refractivity contribution in [3.63, 3.8) is 0 Å². The molecule has 0 aliphatic heterocycles. The number of nitrogens with zero attached hydrogens (tertiary/aromatic N) is 1. The lowest BCUT2D eigenvalue weighted by Crippen LogP contribution is -2.28.